The van der Waals surface area contributed by atoms with Crippen molar-refractivity contribution in [3.8, 4) is 0 Å². The Hall–Kier alpha value is -2.17. The van der Waals surface area contributed by atoms with E-state index < -0.39 is 0 Å². The topological polar surface area (TPSA) is 47.8 Å². The van der Waals surface area contributed by atoms with Crippen LogP contribution >= 0.6 is 23.2 Å². The molecule has 0 fully saturated rings. The van der Waals surface area contributed by atoms with Crippen LogP contribution in [0.3, 0.4) is 0 Å². The monoisotopic (exact) mass is 427 g/mol. The van der Waals surface area contributed by atoms with E-state index in [2.05, 4.69) is 46.0 Å². The van der Waals surface area contributed by atoms with Crippen LogP contribution in [0.1, 0.15) is 47.6 Å². The van der Waals surface area contributed by atoms with Gasteiger partial charge in [0.2, 0.25) is 0 Å². The lowest BCUT2D eigenvalue weighted by atomic mass is 10.0. The Morgan fingerprint density at radius 2 is 1.83 bits per heavy atom. The van der Waals surface area contributed by atoms with E-state index in [0.717, 1.165) is 36.6 Å². The molecule has 0 radical (unpaired) electrons. The van der Waals surface area contributed by atoms with Crippen LogP contribution in [0.5, 0.6) is 0 Å². The van der Waals surface area contributed by atoms with Gasteiger partial charge in [-0.15, -0.1) is 10.2 Å². The van der Waals surface area contributed by atoms with Gasteiger partial charge in [-0.3, -0.25) is 4.79 Å². The molecular formula is C23H23Cl2N3O. The molecule has 1 aliphatic rings. The fourth-order valence-electron chi connectivity index (χ4n) is 4.14. The van der Waals surface area contributed by atoms with E-state index in [1.54, 1.807) is 12.1 Å². The standard InChI is InChI=1S/C23H23Cl2N3O/c1-2-28-22(10-9-20(29)13-17-7-8-19(24)14-21(17)25)26-27-23(28)18-11-15-5-3-4-6-16(15)12-18/h3-8,14,18H,2,9-13H2,1H3. The summed E-state index contributed by atoms with van der Waals surface area (Å²) in [5, 5.41) is 10.0. The molecule has 150 valence electrons. The largest absolute Gasteiger partial charge is 0.315 e. The summed E-state index contributed by atoms with van der Waals surface area (Å²) in [6.45, 7) is 2.91. The number of aromatic nitrogens is 3. The molecule has 0 saturated heterocycles. The Labute approximate surface area is 180 Å². The van der Waals surface area contributed by atoms with Gasteiger partial charge in [-0.25, -0.2) is 0 Å². The molecule has 0 atom stereocenters. The van der Waals surface area contributed by atoms with Crippen LogP contribution in [0.4, 0.5) is 0 Å². The molecular weight excluding hydrogens is 405 g/mol. The number of aryl methyl sites for hydroxylation is 1. The molecule has 0 bridgehead atoms. The summed E-state index contributed by atoms with van der Waals surface area (Å²) >= 11 is 12.1. The number of ketones is 1. The van der Waals surface area contributed by atoms with Crippen molar-refractivity contribution >= 4 is 29.0 Å². The summed E-state index contributed by atoms with van der Waals surface area (Å²) < 4.78 is 2.18. The third-order valence-corrected chi connectivity index (χ3v) is 6.21. The summed E-state index contributed by atoms with van der Waals surface area (Å²) in [5.41, 5.74) is 3.61. The summed E-state index contributed by atoms with van der Waals surface area (Å²) in [6.07, 6.45) is 3.32. The summed E-state index contributed by atoms with van der Waals surface area (Å²) in [5.74, 6) is 2.41. The van der Waals surface area contributed by atoms with Crippen LogP contribution in [0.2, 0.25) is 10.0 Å². The van der Waals surface area contributed by atoms with E-state index in [1.165, 1.54) is 11.1 Å². The predicted octanol–water partition coefficient (Wildman–Crippen LogP) is 5.23. The van der Waals surface area contributed by atoms with Gasteiger partial charge in [-0.05, 0) is 48.6 Å². The number of Topliss-reactive ketones (excluding diaryl/α,β-unsaturated/α-hetero) is 1. The molecule has 0 amide bonds. The first-order valence-electron chi connectivity index (χ1n) is 9.99. The molecule has 2 aromatic carbocycles. The first-order chi connectivity index (χ1) is 14.0. The Bertz CT molecular complexity index is 1020. The molecule has 4 nitrogen and oxygen atoms in total. The number of carbonyl (C=O) groups is 1. The number of benzene rings is 2. The Morgan fingerprint density at radius 1 is 1.10 bits per heavy atom. The smallest absolute Gasteiger partial charge is 0.137 e. The molecule has 1 aliphatic carbocycles. The first kappa shape index (κ1) is 20.1. The normalized spacial score (nSPS) is 13.6. The first-order valence-corrected chi connectivity index (χ1v) is 10.7. The van der Waals surface area contributed by atoms with Crippen molar-refractivity contribution in [2.45, 2.75) is 51.5 Å². The van der Waals surface area contributed by atoms with Gasteiger partial charge in [0.1, 0.15) is 17.4 Å². The average Bonchev–Trinajstić information content (AvgIpc) is 3.31. The Morgan fingerprint density at radius 3 is 2.48 bits per heavy atom. The number of rotatable bonds is 7. The van der Waals surface area contributed by atoms with Gasteiger partial charge in [0.05, 0.1) is 0 Å². The van der Waals surface area contributed by atoms with E-state index in [-0.39, 0.29) is 5.78 Å². The number of hydrogen-bond donors (Lipinski definition) is 0. The minimum Gasteiger partial charge on any atom is -0.315 e. The van der Waals surface area contributed by atoms with Gasteiger partial charge >= 0.3 is 0 Å². The van der Waals surface area contributed by atoms with Gasteiger partial charge in [0, 0.05) is 41.8 Å². The number of halogens is 2. The van der Waals surface area contributed by atoms with Crippen LogP contribution in [-0.4, -0.2) is 20.5 Å². The van der Waals surface area contributed by atoms with Crippen molar-refractivity contribution in [3.05, 3.63) is 80.8 Å². The van der Waals surface area contributed by atoms with Gasteiger partial charge in [0.15, 0.2) is 0 Å². The van der Waals surface area contributed by atoms with Crippen LogP contribution in [-0.2, 0) is 37.0 Å². The second-order valence-electron chi connectivity index (χ2n) is 7.54. The highest BCUT2D eigenvalue weighted by atomic mass is 35.5. The lowest BCUT2D eigenvalue weighted by Crippen LogP contribution is -2.12. The molecule has 0 saturated carbocycles. The predicted molar refractivity (Wildman–Crippen MR) is 116 cm³/mol. The summed E-state index contributed by atoms with van der Waals surface area (Å²) in [7, 11) is 0. The Kier molecular flexibility index (Phi) is 6.02. The van der Waals surface area contributed by atoms with Crippen molar-refractivity contribution in [2.75, 3.05) is 0 Å². The fraction of sp³-hybridized carbons (Fsp3) is 0.348. The molecule has 3 aromatic rings. The van der Waals surface area contributed by atoms with Crippen molar-refractivity contribution in [3.63, 3.8) is 0 Å². The van der Waals surface area contributed by atoms with Gasteiger partial charge < -0.3 is 4.57 Å². The number of nitrogens with zero attached hydrogens (tertiary/aromatic N) is 3. The van der Waals surface area contributed by atoms with E-state index in [0.29, 0.717) is 35.2 Å². The number of hydrogen-bond acceptors (Lipinski definition) is 3. The van der Waals surface area contributed by atoms with Crippen molar-refractivity contribution in [1.29, 1.82) is 0 Å². The van der Waals surface area contributed by atoms with E-state index >= 15 is 0 Å². The zero-order chi connectivity index (χ0) is 20.4. The van der Waals surface area contributed by atoms with Gasteiger partial charge in [-0.1, -0.05) is 53.5 Å². The number of fused-ring (bicyclic) bond motifs is 1. The quantitative estimate of drug-likeness (QED) is 0.518. The highest BCUT2D eigenvalue weighted by Gasteiger charge is 2.27. The highest BCUT2D eigenvalue weighted by Crippen LogP contribution is 2.33. The molecule has 1 aromatic heterocycles. The van der Waals surface area contributed by atoms with E-state index in [1.807, 2.05) is 6.07 Å². The average molecular weight is 428 g/mol. The maximum Gasteiger partial charge on any atom is 0.137 e. The third kappa shape index (κ3) is 4.39. The molecule has 4 rings (SSSR count). The highest BCUT2D eigenvalue weighted by molar-refractivity contribution is 6.35. The molecule has 0 aliphatic heterocycles. The number of carbonyl (C=O) groups excluding carboxylic acids is 1. The fourth-order valence-corrected chi connectivity index (χ4v) is 4.61. The van der Waals surface area contributed by atoms with Crippen molar-refractivity contribution in [2.24, 2.45) is 0 Å². The van der Waals surface area contributed by atoms with E-state index in [4.69, 9.17) is 23.2 Å². The second kappa shape index (κ2) is 8.68. The molecule has 0 unspecified atom stereocenters. The zero-order valence-corrected chi connectivity index (χ0v) is 17.9. The molecule has 0 N–H and O–H groups in total. The van der Waals surface area contributed by atoms with Crippen molar-refractivity contribution in [1.82, 2.24) is 14.8 Å². The van der Waals surface area contributed by atoms with Crippen LogP contribution in [0.25, 0.3) is 0 Å². The Balaban J connectivity index is 1.41. The minimum atomic E-state index is 0.134. The maximum absolute atomic E-state index is 12.5. The van der Waals surface area contributed by atoms with Crippen molar-refractivity contribution < 1.29 is 4.79 Å². The maximum atomic E-state index is 12.5. The molecule has 1 heterocycles. The molecule has 0 spiro atoms. The van der Waals surface area contributed by atoms with Crippen LogP contribution in [0, 0.1) is 0 Å². The van der Waals surface area contributed by atoms with Gasteiger partial charge in [0.25, 0.3) is 0 Å². The van der Waals surface area contributed by atoms with Crippen LogP contribution < -0.4 is 0 Å². The SMILES string of the molecule is CCn1c(CCC(=O)Cc2ccc(Cl)cc2Cl)nnc1C1Cc2ccccc2C1. The zero-order valence-electron chi connectivity index (χ0n) is 16.4. The lowest BCUT2D eigenvalue weighted by molar-refractivity contribution is -0.118. The molecule has 29 heavy (non-hydrogen) atoms. The van der Waals surface area contributed by atoms with Crippen LogP contribution in [0.15, 0.2) is 42.5 Å². The molecule has 6 heteroatoms. The minimum absolute atomic E-state index is 0.134. The summed E-state index contributed by atoms with van der Waals surface area (Å²) in [4.78, 5) is 12.5. The third-order valence-electron chi connectivity index (χ3n) is 5.62. The van der Waals surface area contributed by atoms with Gasteiger partial charge in [-0.2, -0.15) is 0 Å². The summed E-state index contributed by atoms with van der Waals surface area (Å²) in [6, 6.07) is 13.8. The van der Waals surface area contributed by atoms with E-state index in [9.17, 15) is 4.79 Å². The lowest BCUT2D eigenvalue weighted by Gasteiger charge is -2.12. The second-order valence-corrected chi connectivity index (χ2v) is 8.39.